The third-order valence-corrected chi connectivity index (χ3v) is 1.13. The number of rotatable bonds is 5. The van der Waals surface area contributed by atoms with Gasteiger partial charge in [0.1, 0.15) is 12.1 Å². The molecule has 0 rings (SSSR count). The van der Waals surface area contributed by atoms with Crippen molar-refractivity contribution in [2.75, 3.05) is 0 Å². The molecule has 0 fully saturated rings. The molecule has 5 nitrogen and oxygen atoms in total. The van der Waals surface area contributed by atoms with Crippen LogP contribution in [0.1, 0.15) is 13.8 Å². The summed E-state index contributed by atoms with van der Waals surface area (Å²) in [5.74, 6) is 0.571. The molecule has 0 bridgehead atoms. The highest BCUT2D eigenvalue weighted by molar-refractivity contribution is 6.07. The molecule has 0 saturated carbocycles. The van der Waals surface area contributed by atoms with Gasteiger partial charge < -0.3 is 10.6 Å². The fourth-order valence-corrected chi connectivity index (χ4v) is 0.672. The van der Waals surface area contributed by atoms with Gasteiger partial charge in [0.2, 0.25) is 0 Å². The number of nitrogens with zero attached hydrogens (tertiary/aromatic N) is 2. The molecule has 0 atom stereocenters. The summed E-state index contributed by atoms with van der Waals surface area (Å²) in [6.45, 7) is 3.48. The summed E-state index contributed by atoms with van der Waals surface area (Å²) in [5.41, 5.74) is 5.73. The lowest BCUT2D eigenvalue weighted by atomic mass is 10.3. The van der Waals surface area contributed by atoms with Crippen molar-refractivity contribution in [1.82, 2.24) is 0 Å². The standard InChI is InChI=1S/C9H14N4O/c1-3-13-14-8(2)6-9(4-5-10)12-7-11/h3-7,11H,10H2,1-2H3/b5-4+,8-6+,11-7?,12-9?,13-3+. The molecule has 0 aliphatic heterocycles. The van der Waals surface area contributed by atoms with Crippen molar-refractivity contribution < 1.29 is 4.84 Å². The van der Waals surface area contributed by atoms with Crippen molar-refractivity contribution in [3.05, 3.63) is 24.1 Å². The normalized spacial score (nSPS) is 13.9. The minimum absolute atomic E-state index is 0.534. The molecule has 0 saturated heterocycles. The molecular weight excluding hydrogens is 180 g/mol. The van der Waals surface area contributed by atoms with Crippen LogP contribution in [0.25, 0.3) is 0 Å². The number of hydrogen-bond acceptors (Lipinski definition) is 4. The molecular formula is C9H14N4O. The summed E-state index contributed by atoms with van der Waals surface area (Å²) in [6.07, 6.45) is 7.00. The summed E-state index contributed by atoms with van der Waals surface area (Å²) >= 11 is 0. The first-order valence-electron chi connectivity index (χ1n) is 4.03. The van der Waals surface area contributed by atoms with E-state index in [1.165, 1.54) is 12.4 Å². The first kappa shape index (κ1) is 12.1. The minimum atomic E-state index is 0.534. The maximum atomic E-state index is 6.81. The van der Waals surface area contributed by atoms with Crippen LogP contribution in [0.5, 0.6) is 0 Å². The van der Waals surface area contributed by atoms with E-state index in [0.29, 0.717) is 11.5 Å². The number of nitrogens with two attached hydrogens (primary N) is 1. The second-order valence-electron chi connectivity index (χ2n) is 2.25. The summed E-state index contributed by atoms with van der Waals surface area (Å²) in [7, 11) is 0. The summed E-state index contributed by atoms with van der Waals surface area (Å²) < 4.78 is 0. The molecule has 76 valence electrons. The van der Waals surface area contributed by atoms with Crippen molar-refractivity contribution in [2.24, 2.45) is 15.9 Å². The van der Waals surface area contributed by atoms with E-state index >= 15 is 0 Å². The van der Waals surface area contributed by atoms with Gasteiger partial charge in [0, 0.05) is 12.3 Å². The van der Waals surface area contributed by atoms with Gasteiger partial charge in [-0.25, -0.2) is 4.99 Å². The lowest BCUT2D eigenvalue weighted by Crippen LogP contribution is -1.93. The molecule has 0 aromatic rings. The molecule has 0 aliphatic carbocycles. The van der Waals surface area contributed by atoms with Gasteiger partial charge in [-0.2, -0.15) is 0 Å². The van der Waals surface area contributed by atoms with Crippen molar-refractivity contribution >= 4 is 18.3 Å². The Kier molecular flexibility index (Phi) is 6.67. The maximum absolute atomic E-state index is 6.81. The number of oxime groups is 1. The molecule has 0 aromatic carbocycles. The first-order chi connectivity index (χ1) is 6.74. The highest BCUT2D eigenvalue weighted by Gasteiger charge is 1.92. The SMILES string of the molecule is C/C=N/O/C(C)=C/C(/C=C/N)=NC=N. The largest absolute Gasteiger partial charge is 0.405 e. The molecule has 0 heterocycles. The fourth-order valence-electron chi connectivity index (χ4n) is 0.672. The summed E-state index contributed by atoms with van der Waals surface area (Å²) in [6, 6.07) is 0. The Morgan fingerprint density at radius 1 is 1.50 bits per heavy atom. The Hall–Kier alpha value is -1.91. The highest BCUT2D eigenvalue weighted by Crippen LogP contribution is 1.97. The smallest absolute Gasteiger partial charge is 0.134 e. The predicted octanol–water partition coefficient (Wildman–Crippen LogP) is 1.43. The maximum Gasteiger partial charge on any atom is 0.134 e. The van der Waals surface area contributed by atoms with Gasteiger partial charge in [-0.15, -0.1) is 0 Å². The zero-order valence-corrected chi connectivity index (χ0v) is 8.27. The van der Waals surface area contributed by atoms with Gasteiger partial charge >= 0.3 is 0 Å². The van der Waals surface area contributed by atoms with Gasteiger partial charge in [0.05, 0.1) is 5.71 Å². The zero-order chi connectivity index (χ0) is 10.8. The molecule has 14 heavy (non-hydrogen) atoms. The van der Waals surface area contributed by atoms with Crippen molar-refractivity contribution in [3.8, 4) is 0 Å². The fraction of sp³-hybridized carbons (Fsp3) is 0.222. The van der Waals surface area contributed by atoms with E-state index in [1.54, 1.807) is 26.0 Å². The highest BCUT2D eigenvalue weighted by atomic mass is 16.6. The van der Waals surface area contributed by atoms with Crippen LogP contribution >= 0.6 is 0 Å². The van der Waals surface area contributed by atoms with E-state index in [1.807, 2.05) is 0 Å². The van der Waals surface area contributed by atoms with Crippen LogP contribution in [-0.2, 0) is 4.84 Å². The van der Waals surface area contributed by atoms with Gasteiger partial charge in [-0.1, -0.05) is 5.16 Å². The van der Waals surface area contributed by atoms with E-state index < -0.39 is 0 Å². The Morgan fingerprint density at radius 3 is 2.71 bits per heavy atom. The van der Waals surface area contributed by atoms with Crippen molar-refractivity contribution in [1.29, 1.82) is 5.41 Å². The summed E-state index contributed by atoms with van der Waals surface area (Å²) in [5, 5.41) is 10.4. The molecule has 0 spiro atoms. The van der Waals surface area contributed by atoms with Crippen LogP contribution in [-0.4, -0.2) is 18.3 Å². The van der Waals surface area contributed by atoms with Crippen molar-refractivity contribution in [2.45, 2.75) is 13.8 Å². The molecule has 0 aliphatic rings. The third-order valence-electron chi connectivity index (χ3n) is 1.13. The number of hydrogen-bond donors (Lipinski definition) is 2. The molecule has 3 N–H and O–H groups in total. The Bertz CT molecular complexity index is 289. The Balaban J connectivity index is 4.54. The Morgan fingerprint density at radius 2 is 2.21 bits per heavy atom. The van der Waals surface area contributed by atoms with Gasteiger partial charge in [0.15, 0.2) is 0 Å². The Labute approximate surface area is 83.2 Å². The summed E-state index contributed by atoms with van der Waals surface area (Å²) in [4.78, 5) is 8.66. The zero-order valence-electron chi connectivity index (χ0n) is 8.27. The van der Waals surface area contributed by atoms with E-state index in [2.05, 4.69) is 10.1 Å². The monoisotopic (exact) mass is 194 g/mol. The average molecular weight is 194 g/mol. The van der Waals surface area contributed by atoms with Gasteiger partial charge in [-0.3, -0.25) is 5.41 Å². The number of nitrogens with one attached hydrogen (secondary N) is 1. The van der Waals surface area contributed by atoms with E-state index in [4.69, 9.17) is 16.0 Å². The molecule has 0 amide bonds. The second kappa shape index (κ2) is 7.72. The lowest BCUT2D eigenvalue weighted by molar-refractivity contribution is 0.232. The van der Waals surface area contributed by atoms with Crippen LogP contribution in [0.15, 0.2) is 34.3 Å². The lowest BCUT2D eigenvalue weighted by Gasteiger charge is -1.96. The van der Waals surface area contributed by atoms with Crippen molar-refractivity contribution in [3.63, 3.8) is 0 Å². The van der Waals surface area contributed by atoms with E-state index in [-0.39, 0.29) is 0 Å². The first-order valence-corrected chi connectivity index (χ1v) is 4.03. The van der Waals surface area contributed by atoms with Crippen LogP contribution in [0.3, 0.4) is 0 Å². The van der Waals surface area contributed by atoms with Crippen LogP contribution in [0, 0.1) is 5.41 Å². The van der Waals surface area contributed by atoms with E-state index in [9.17, 15) is 0 Å². The number of allylic oxidation sites excluding steroid dienone is 3. The van der Waals surface area contributed by atoms with Crippen LogP contribution < -0.4 is 5.73 Å². The molecule has 0 radical (unpaired) electrons. The van der Waals surface area contributed by atoms with Gasteiger partial charge in [-0.05, 0) is 26.1 Å². The topological polar surface area (TPSA) is 83.8 Å². The van der Waals surface area contributed by atoms with Crippen LogP contribution in [0.4, 0.5) is 0 Å². The average Bonchev–Trinajstić information content (AvgIpc) is 2.15. The molecule has 5 heteroatoms. The molecule has 0 unspecified atom stereocenters. The molecule has 0 aromatic heterocycles. The predicted molar refractivity (Wildman–Crippen MR) is 58.6 cm³/mol. The van der Waals surface area contributed by atoms with Gasteiger partial charge in [0.25, 0.3) is 0 Å². The second-order valence-corrected chi connectivity index (χ2v) is 2.25. The number of aliphatic imine (C=N–C) groups is 1. The van der Waals surface area contributed by atoms with E-state index in [0.717, 1.165) is 6.34 Å². The minimum Gasteiger partial charge on any atom is -0.405 e. The van der Waals surface area contributed by atoms with Crippen LogP contribution in [0.2, 0.25) is 0 Å². The third kappa shape index (κ3) is 5.70. The quantitative estimate of drug-likeness (QED) is 0.300.